The number of imidazole rings is 1. The van der Waals surface area contributed by atoms with Gasteiger partial charge in [-0.15, -0.1) is 0 Å². The van der Waals surface area contributed by atoms with Gasteiger partial charge in [0.25, 0.3) is 0 Å². The molecule has 2 rings (SSSR count). The van der Waals surface area contributed by atoms with Crippen LogP contribution in [0.15, 0.2) is 24.3 Å². The molecule has 0 N–H and O–H groups in total. The maximum absolute atomic E-state index is 4.84. The Bertz CT molecular complexity index is 550. The van der Waals surface area contributed by atoms with Crippen LogP contribution in [0.3, 0.4) is 0 Å². The predicted octanol–water partition coefficient (Wildman–Crippen LogP) is 1.67. The smallest absolute Gasteiger partial charge is 0.110 e. The van der Waals surface area contributed by atoms with E-state index in [1.165, 1.54) is 17.8 Å². The van der Waals surface area contributed by atoms with Crippen molar-refractivity contribution in [2.75, 3.05) is 0 Å². The number of aryl methyl sites for hydroxylation is 1. The molecule has 2 aromatic rings. The Morgan fingerprint density at radius 2 is 1.80 bits per heavy atom. The molecule has 0 aliphatic rings. The fourth-order valence-corrected chi connectivity index (χ4v) is 2.37. The summed E-state index contributed by atoms with van der Waals surface area (Å²) < 4.78 is 2.42. The molecule has 1 aromatic heterocycles. The summed E-state index contributed by atoms with van der Waals surface area (Å²) in [6, 6.07) is 8.49. The lowest BCUT2D eigenvalue weighted by molar-refractivity contribution is -0.00000517. The van der Waals surface area contributed by atoms with Crippen molar-refractivity contribution < 1.29 is 12.4 Å². The maximum atomic E-state index is 4.84. The Balaban J connectivity index is 0.00000200. The largest absolute Gasteiger partial charge is 1.00 e. The van der Waals surface area contributed by atoms with Crippen LogP contribution in [0.25, 0.3) is 11.0 Å². The summed E-state index contributed by atoms with van der Waals surface area (Å²) in [4.78, 5) is 4.84. The van der Waals surface area contributed by atoms with Crippen molar-refractivity contribution in [2.24, 2.45) is 11.3 Å². The number of nitrogens with zero attached hydrogens (tertiary/aromatic N) is 2. The lowest BCUT2D eigenvalue weighted by Gasteiger charge is -2.19. The molecular weight excluding hydrogens is 268 g/mol. The first-order valence-corrected chi connectivity index (χ1v) is 7.31. The first kappa shape index (κ1) is 17.0. The van der Waals surface area contributed by atoms with Crippen molar-refractivity contribution in [3.05, 3.63) is 30.1 Å². The van der Waals surface area contributed by atoms with Gasteiger partial charge in [0.05, 0.1) is 11.0 Å². The molecule has 0 saturated carbocycles. The van der Waals surface area contributed by atoms with Gasteiger partial charge >= 0.3 is 0 Å². The third-order valence-electron chi connectivity index (χ3n) is 3.35. The number of hydrogen-bond acceptors (Lipinski definition) is 1. The van der Waals surface area contributed by atoms with Crippen LogP contribution in [-0.2, 0) is 13.0 Å². The average molecular weight is 294 g/mol. The van der Waals surface area contributed by atoms with Crippen LogP contribution in [0.1, 0.15) is 46.9 Å². The lowest BCUT2D eigenvalue weighted by Crippen LogP contribution is -3.00. The van der Waals surface area contributed by atoms with Crippen LogP contribution >= 0.6 is 0 Å². The Labute approximate surface area is 129 Å². The van der Waals surface area contributed by atoms with Gasteiger partial charge in [-0.3, -0.25) is 0 Å². The molecule has 0 spiro atoms. The summed E-state index contributed by atoms with van der Waals surface area (Å²) in [6.07, 6.45) is 2.23. The van der Waals surface area contributed by atoms with Crippen molar-refractivity contribution in [1.82, 2.24) is 9.55 Å². The molecule has 0 atom stereocenters. The molecule has 1 aromatic carbocycles. The zero-order valence-electron chi connectivity index (χ0n) is 13.3. The van der Waals surface area contributed by atoms with Crippen LogP contribution in [0.5, 0.6) is 0 Å². The molecule has 2 nitrogen and oxygen atoms in total. The highest BCUT2D eigenvalue weighted by Gasteiger charge is 2.18. The first-order chi connectivity index (χ1) is 8.87. The second kappa shape index (κ2) is 6.62. The summed E-state index contributed by atoms with van der Waals surface area (Å²) >= 11 is 0. The molecule has 0 amide bonds. The van der Waals surface area contributed by atoms with Gasteiger partial charge in [-0.25, -0.2) is 4.98 Å². The zero-order chi connectivity index (χ0) is 14.0. The van der Waals surface area contributed by atoms with Gasteiger partial charge in [0, 0.05) is 13.0 Å². The zero-order valence-corrected chi connectivity index (χ0v) is 14.0. The molecule has 3 heteroatoms. The van der Waals surface area contributed by atoms with E-state index < -0.39 is 0 Å². The average Bonchev–Trinajstić information content (AvgIpc) is 2.61. The molecule has 112 valence electrons. The van der Waals surface area contributed by atoms with Crippen molar-refractivity contribution in [2.45, 2.75) is 54.0 Å². The highest BCUT2D eigenvalue weighted by Crippen LogP contribution is 2.24. The van der Waals surface area contributed by atoms with E-state index in [0.717, 1.165) is 24.4 Å². The predicted molar refractivity (Wildman–Crippen MR) is 82.3 cm³/mol. The fourth-order valence-electron chi connectivity index (χ4n) is 2.37. The number of halogens is 1. The molecule has 0 unspecified atom stereocenters. The van der Waals surface area contributed by atoms with Crippen molar-refractivity contribution in [3.63, 3.8) is 0 Å². The molecular formula is C17H26ClN2-. The van der Waals surface area contributed by atoms with Crippen LogP contribution in [0, 0.1) is 11.3 Å². The number of para-hydroxylation sites is 2. The molecule has 0 fully saturated rings. The van der Waals surface area contributed by atoms with Gasteiger partial charge in [0.1, 0.15) is 5.82 Å². The molecule has 0 saturated heterocycles. The SMILES string of the molecule is CC(C)CCn1c(CC(C)(C)C)nc2ccccc21.[Cl-]. The summed E-state index contributed by atoms with van der Waals surface area (Å²) in [5.74, 6) is 1.96. The van der Waals surface area contributed by atoms with E-state index in [4.69, 9.17) is 4.98 Å². The van der Waals surface area contributed by atoms with Gasteiger partial charge in [-0.2, -0.15) is 0 Å². The van der Waals surface area contributed by atoms with Gasteiger partial charge in [0.2, 0.25) is 0 Å². The van der Waals surface area contributed by atoms with Crippen LogP contribution in [-0.4, -0.2) is 9.55 Å². The van der Waals surface area contributed by atoms with E-state index in [1.807, 2.05) is 0 Å². The summed E-state index contributed by atoms with van der Waals surface area (Å²) in [5.41, 5.74) is 2.68. The van der Waals surface area contributed by atoms with E-state index in [-0.39, 0.29) is 17.8 Å². The van der Waals surface area contributed by atoms with E-state index >= 15 is 0 Å². The van der Waals surface area contributed by atoms with Crippen molar-refractivity contribution in [3.8, 4) is 0 Å². The number of benzene rings is 1. The highest BCUT2D eigenvalue weighted by molar-refractivity contribution is 5.75. The van der Waals surface area contributed by atoms with Crippen LogP contribution in [0.4, 0.5) is 0 Å². The van der Waals surface area contributed by atoms with Crippen LogP contribution < -0.4 is 12.4 Å². The minimum Gasteiger partial charge on any atom is -1.00 e. The number of fused-ring (bicyclic) bond motifs is 1. The topological polar surface area (TPSA) is 17.8 Å². The van der Waals surface area contributed by atoms with E-state index in [1.54, 1.807) is 0 Å². The minimum absolute atomic E-state index is 0. The third-order valence-corrected chi connectivity index (χ3v) is 3.35. The fraction of sp³-hybridized carbons (Fsp3) is 0.588. The quantitative estimate of drug-likeness (QED) is 0.839. The lowest BCUT2D eigenvalue weighted by atomic mass is 9.92. The van der Waals surface area contributed by atoms with Crippen molar-refractivity contribution >= 4 is 11.0 Å². The Hall–Kier alpha value is -1.02. The molecule has 0 radical (unpaired) electrons. The highest BCUT2D eigenvalue weighted by atomic mass is 35.5. The van der Waals surface area contributed by atoms with E-state index in [9.17, 15) is 0 Å². The second-order valence-electron chi connectivity index (χ2n) is 7.09. The number of aromatic nitrogens is 2. The van der Waals surface area contributed by atoms with Gasteiger partial charge < -0.3 is 17.0 Å². The number of hydrogen-bond donors (Lipinski definition) is 0. The Morgan fingerprint density at radius 3 is 2.40 bits per heavy atom. The maximum Gasteiger partial charge on any atom is 0.110 e. The third kappa shape index (κ3) is 4.24. The van der Waals surface area contributed by atoms with Gasteiger partial charge in [-0.05, 0) is 29.9 Å². The summed E-state index contributed by atoms with van der Waals surface area (Å²) in [6.45, 7) is 12.5. The molecule has 0 bridgehead atoms. The Kier molecular flexibility index (Phi) is 5.64. The standard InChI is InChI=1S/C17H26N2.ClH/c1-13(2)10-11-19-15-9-7-6-8-14(15)18-16(19)12-17(3,4)5;/h6-9,13H,10-12H2,1-5H3;1H/p-1. The summed E-state index contributed by atoms with van der Waals surface area (Å²) in [5, 5.41) is 0. The van der Waals surface area contributed by atoms with E-state index in [0.29, 0.717) is 0 Å². The van der Waals surface area contributed by atoms with E-state index in [2.05, 4.69) is 63.5 Å². The summed E-state index contributed by atoms with van der Waals surface area (Å²) in [7, 11) is 0. The molecule has 20 heavy (non-hydrogen) atoms. The monoisotopic (exact) mass is 293 g/mol. The Morgan fingerprint density at radius 1 is 1.15 bits per heavy atom. The normalized spacial score (nSPS) is 11.9. The van der Waals surface area contributed by atoms with Crippen LogP contribution in [0.2, 0.25) is 0 Å². The second-order valence-corrected chi connectivity index (χ2v) is 7.09. The van der Waals surface area contributed by atoms with Gasteiger partial charge in [0.15, 0.2) is 0 Å². The molecule has 0 aliphatic carbocycles. The first-order valence-electron chi connectivity index (χ1n) is 7.31. The minimum atomic E-state index is 0. The van der Waals surface area contributed by atoms with Crippen molar-refractivity contribution in [1.29, 1.82) is 0 Å². The molecule has 1 heterocycles. The van der Waals surface area contributed by atoms with Gasteiger partial charge in [-0.1, -0.05) is 46.8 Å². The number of rotatable bonds is 4. The molecule has 0 aliphatic heterocycles.